The van der Waals surface area contributed by atoms with Crippen molar-refractivity contribution >= 4 is 17.1 Å². The molecule has 0 saturated heterocycles. The van der Waals surface area contributed by atoms with E-state index in [1.807, 2.05) is 37.3 Å². The molecule has 18 heavy (non-hydrogen) atoms. The molecule has 94 valence electrons. The van der Waals surface area contributed by atoms with Crippen molar-refractivity contribution in [3.63, 3.8) is 0 Å². The van der Waals surface area contributed by atoms with E-state index in [2.05, 4.69) is 6.92 Å². The van der Waals surface area contributed by atoms with Crippen molar-refractivity contribution in [3.8, 4) is 5.75 Å². The van der Waals surface area contributed by atoms with Crippen molar-refractivity contribution in [2.45, 2.75) is 20.3 Å². The van der Waals surface area contributed by atoms with Gasteiger partial charge in [0, 0.05) is 10.4 Å². The molecule has 0 N–H and O–H groups in total. The summed E-state index contributed by atoms with van der Waals surface area (Å²) in [5.74, 6) is 0.825. The SMILES string of the molecule is CCc1ccc(C(=O)c2ccc(C)c(OC)c2)s1. The minimum atomic E-state index is 0.0676. The Kier molecular flexibility index (Phi) is 3.82. The summed E-state index contributed by atoms with van der Waals surface area (Å²) in [6, 6.07) is 9.50. The van der Waals surface area contributed by atoms with Gasteiger partial charge in [-0.2, -0.15) is 0 Å². The van der Waals surface area contributed by atoms with Gasteiger partial charge in [0.1, 0.15) is 5.75 Å². The highest BCUT2D eigenvalue weighted by atomic mass is 32.1. The molecule has 0 fully saturated rings. The molecule has 3 heteroatoms. The van der Waals surface area contributed by atoms with Crippen LogP contribution in [-0.4, -0.2) is 12.9 Å². The minimum Gasteiger partial charge on any atom is -0.496 e. The molecule has 0 amide bonds. The zero-order valence-electron chi connectivity index (χ0n) is 10.8. The Morgan fingerprint density at radius 2 is 2.06 bits per heavy atom. The number of carbonyl (C=O) groups excluding carboxylic acids is 1. The molecule has 2 rings (SSSR count). The van der Waals surface area contributed by atoms with Gasteiger partial charge < -0.3 is 4.74 Å². The van der Waals surface area contributed by atoms with E-state index in [0.717, 1.165) is 22.6 Å². The lowest BCUT2D eigenvalue weighted by atomic mass is 10.1. The van der Waals surface area contributed by atoms with Crippen LogP contribution < -0.4 is 4.74 Å². The molecule has 0 unspecified atom stereocenters. The molecule has 1 aromatic heterocycles. The first-order chi connectivity index (χ1) is 8.65. The number of hydrogen-bond acceptors (Lipinski definition) is 3. The van der Waals surface area contributed by atoms with Crippen LogP contribution in [-0.2, 0) is 6.42 Å². The molecule has 2 aromatic rings. The fourth-order valence-electron chi connectivity index (χ4n) is 1.79. The van der Waals surface area contributed by atoms with E-state index in [1.54, 1.807) is 18.4 Å². The predicted octanol–water partition coefficient (Wildman–Crippen LogP) is 3.86. The lowest BCUT2D eigenvalue weighted by Gasteiger charge is -2.06. The largest absolute Gasteiger partial charge is 0.496 e. The Morgan fingerprint density at radius 3 is 2.67 bits per heavy atom. The Labute approximate surface area is 111 Å². The summed E-state index contributed by atoms with van der Waals surface area (Å²) in [5.41, 5.74) is 1.72. The Bertz CT molecular complexity index is 570. The first kappa shape index (κ1) is 12.8. The van der Waals surface area contributed by atoms with Crippen molar-refractivity contribution in [1.82, 2.24) is 0 Å². The zero-order valence-corrected chi connectivity index (χ0v) is 11.6. The van der Waals surface area contributed by atoms with Crippen molar-refractivity contribution < 1.29 is 9.53 Å². The molecule has 1 aromatic carbocycles. The summed E-state index contributed by atoms with van der Waals surface area (Å²) >= 11 is 1.56. The van der Waals surface area contributed by atoms with Crippen molar-refractivity contribution in [2.24, 2.45) is 0 Å². The van der Waals surface area contributed by atoms with Gasteiger partial charge in [0.2, 0.25) is 5.78 Å². The number of aryl methyl sites for hydroxylation is 2. The fourth-order valence-corrected chi connectivity index (χ4v) is 2.70. The molecule has 2 nitrogen and oxygen atoms in total. The van der Waals surface area contributed by atoms with Crippen LogP contribution in [0.1, 0.15) is 32.6 Å². The van der Waals surface area contributed by atoms with E-state index >= 15 is 0 Å². The summed E-state index contributed by atoms with van der Waals surface area (Å²) < 4.78 is 5.25. The van der Waals surface area contributed by atoms with Crippen LogP contribution in [0.2, 0.25) is 0 Å². The highest BCUT2D eigenvalue weighted by molar-refractivity contribution is 7.14. The van der Waals surface area contributed by atoms with Crippen LogP contribution in [0.4, 0.5) is 0 Å². The predicted molar refractivity (Wildman–Crippen MR) is 74.9 cm³/mol. The second-order valence-corrected chi connectivity index (χ2v) is 5.30. The topological polar surface area (TPSA) is 26.3 Å². The Hall–Kier alpha value is -1.61. The maximum absolute atomic E-state index is 12.3. The third kappa shape index (κ3) is 2.46. The van der Waals surface area contributed by atoms with Gasteiger partial charge in [-0.15, -0.1) is 11.3 Å². The van der Waals surface area contributed by atoms with E-state index in [0.29, 0.717) is 5.56 Å². The van der Waals surface area contributed by atoms with E-state index in [1.165, 1.54) is 4.88 Å². The van der Waals surface area contributed by atoms with E-state index < -0.39 is 0 Å². The van der Waals surface area contributed by atoms with Crippen LogP contribution in [0, 0.1) is 6.92 Å². The first-order valence-electron chi connectivity index (χ1n) is 5.93. The normalized spacial score (nSPS) is 10.4. The average Bonchev–Trinajstić information content (AvgIpc) is 2.87. The van der Waals surface area contributed by atoms with Gasteiger partial charge in [0.05, 0.1) is 12.0 Å². The number of methoxy groups -OCH3 is 1. The van der Waals surface area contributed by atoms with Crippen LogP contribution in [0.15, 0.2) is 30.3 Å². The van der Waals surface area contributed by atoms with Gasteiger partial charge in [-0.05, 0) is 37.1 Å². The maximum Gasteiger partial charge on any atom is 0.203 e. The highest BCUT2D eigenvalue weighted by Crippen LogP contribution is 2.24. The highest BCUT2D eigenvalue weighted by Gasteiger charge is 2.13. The molecular weight excluding hydrogens is 244 g/mol. The Balaban J connectivity index is 2.33. The molecule has 0 spiro atoms. The van der Waals surface area contributed by atoms with Gasteiger partial charge in [0.25, 0.3) is 0 Å². The fraction of sp³-hybridized carbons (Fsp3) is 0.267. The third-order valence-corrected chi connectivity index (χ3v) is 4.13. The van der Waals surface area contributed by atoms with E-state index in [9.17, 15) is 4.79 Å². The molecule has 0 atom stereocenters. The van der Waals surface area contributed by atoms with Crippen molar-refractivity contribution in [2.75, 3.05) is 7.11 Å². The minimum absolute atomic E-state index is 0.0676. The van der Waals surface area contributed by atoms with Crippen molar-refractivity contribution in [1.29, 1.82) is 0 Å². The molecular formula is C15H16O2S. The average molecular weight is 260 g/mol. The molecule has 0 saturated carbocycles. The Morgan fingerprint density at radius 1 is 1.28 bits per heavy atom. The van der Waals surface area contributed by atoms with Crippen LogP contribution in [0.5, 0.6) is 5.75 Å². The standard InChI is InChI=1S/C15H16O2S/c1-4-12-7-8-14(18-12)15(16)11-6-5-10(2)13(9-11)17-3/h5-9H,4H2,1-3H3. The molecule has 0 aliphatic carbocycles. The summed E-state index contributed by atoms with van der Waals surface area (Å²) in [4.78, 5) is 14.3. The number of carbonyl (C=O) groups is 1. The van der Waals surface area contributed by atoms with Crippen LogP contribution >= 0.6 is 11.3 Å². The third-order valence-electron chi connectivity index (χ3n) is 2.90. The second kappa shape index (κ2) is 5.36. The van der Waals surface area contributed by atoms with Gasteiger partial charge in [-0.1, -0.05) is 19.1 Å². The van der Waals surface area contributed by atoms with Gasteiger partial charge in [-0.25, -0.2) is 0 Å². The molecule has 0 radical (unpaired) electrons. The smallest absolute Gasteiger partial charge is 0.203 e. The number of ether oxygens (including phenoxy) is 1. The quantitative estimate of drug-likeness (QED) is 0.780. The summed E-state index contributed by atoms with van der Waals surface area (Å²) in [7, 11) is 1.62. The second-order valence-electron chi connectivity index (χ2n) is 4.13. The zero-order chi connectivity index (χ0) is 13.1. The lowest BCUT2D eigenvalue weighted by Crippen LogP contribution is -1.99. The maximum atomic E-state index is 12.3. The molecule has 0 aliphatic rings. The van der Waals surface area contributed by atoms with E-state index in [4.69, 9.17) is 4.74 Å². The first-order valence-corrected chi connectivity index (χ1v) is 6.75. The molecule has 0 aliphatic heterocycles. The number of rotatable bonds is 4. The van der Waals surface area contributed by atoms with E-state index in [-0.39, 0.29) is 5.78 Å². The van der Waals surface area contributed by atoms with Crippen LogP contribution in [0.25, 0.3) is 0 Å². The van der Waals surface area contributed by atoms with Crippen molar-refractivity contribution in [3.05, 3.63) is 51.2 Å². The molecule has 1 heterocycles. The van der Waals surface area contributed by atoms with Crippen LogP contribution in [0.3, 0.4) is 0 Å². The van der Waals surface area contributed by atoms with Gasteiger partial charge >= 0.3 is 0 Å². The number of thiophene rings is 1. The van der Waals surface area contributed by atoms with Gasteiger partial charge in [-0.3, -0.25) is 4.79 Å². The monoisotopic (exact) mass is 260 g/mol. The van der Waals surface area contributed by atoms with Gasteiger partial charge in [0.15, 0.2) is 0 Å². The lowest BCUT2D eigenvalue weighted by molar-refractivity contribution is 0.104. The summed E-state index contributed by atoms with van der Waals surface area (Å²) in [5, 5.41) is 0. The summed E-state index contributed by atoms with van der Waals surface area (Å²) in [6.45, 7) is 4.06. The number of benzene rings is 1. The molecule has 0 bridgehead atoms. The summed E-state index contributed by atoms with van der Waals surface area (Å²) in [6.07, 6.45) is 0.967. The number of ketones is 1. The number of hydrogen-bond donors (Lipinski definition) is 0.